The minimum absolute atomic E-state index is 0.00695. The molecule has 2 unspecified atom stereocenters. The van der Waals surface area contributed by atoms with E-state index in [1.165, 1.54) is 6.92 Å². The Morgan fingerprint density at radius 2 is 2.15 bits per heavy atom. The Kier molecular flexibility index (Phi) is 6.68. The van der Waals surface area contributed by atoms with E-state index in [9.17, 15) is 9.90 Å². The normalized spacial score (nSPS) is 14.1. The van der Waals surface area contributed by atoms with Gasteiger partial charge in [0.2, 0.25) is 0 Å². The van der Waals surface area contributed by atoms with E-state index in [2.05, 4.69) is 18.7 Å². The highest BCUT2D eigenvalue weighted by molar-refractivity contribution is 5.94. The molecular weight excluding hydrogens is 254 g/mol. The zero-order valence-electron chi connectivity index (χ0n) is 12.8. The third kappa shape index (κ3) is 5.31. The maximum atomic E-state index is 11.3. The van der Waals surface area contributed by atoms with Crippen molar-refractivity contribution in [3.63, 3.8) is 0 Å². The van der Waals surface area contributed by atoms with Crippen LogP contribution in [0, 0.1) is 0 Å². The van der Waals surface area contributed by atoms with E-state index in [4.69, 9.17) is 4.74 Å². The van der Waals surface area contributed by atoms with Gasteiger partial charge in [0.05, 0.1) is 0 Å². The maximum absolute atomic E-state index is 11.3. The predicted octanol–water partition coefficient (Wildman–Crippen LogP) is 2.36. The third-order valence-corrected chi connectivity index (χ3v) is 3.52. The first-order valence-corrected chi connectivity index (χ1v) is 7.06. The molecule has 0 radical (unpaired) electrons. The number of carbonyl (C=O) groups is 1. The molecule has 1 aromatic carbocycles. The molecule has 0 aliphatic rings. The molecule has 20 heavy (non-hydrogen) atoms. The average Bonchev–Trinajstić information content (AvgIpc) is 2.44. The van der Waals surface area contributed by atoms with Crippen molar-refractivity contribution in [1.29, 1.82) is 0 Å². The van der Waals surface area contributed by atoms with Crippen LogP contribution in [0.15, 0.2) is 24.3 Å². The van der Waals surface area contributed by atoms with Gasteiger partial charge in [-0.15, -0.1) is 0 Å². The van der Waals surface area contributed by atoms with Crippen LogP contribution in [0.1, 0.15) is 37.6 Å². The van der Waals surface area contributed by atoms with Crippen molar-refractivity contribution in [3.05, 3.63) is 29.8 Å². The Bertz CT molecular complexity index is 433. The Morgan fingerprint density at radius 1 is 1.45 bits per heavy atom. The van der Waals surface area contributed by atoms with Crippen LogP contribution in [-0.2, 0) is 0 Å². The monoisotopic (exact) mass is 279 g/mol. The standard InChI is InChI=1S/C16H25NO3/c1-5-12(2)17(4)10-15(19)11-20-16-8-6-7-14(9-16)13(3)18/h6-9,12,15,19H,5,10-11H2,1-4H3. The number of aliphatic hydroxyl groups excluding tert-OH is 1. The SMILES string of the molecule is CCC(C)N(C)CC(O)COc1cccc(C(C)=O)c1. The van der Waals surface area contributed by atoms with Crippen LogP contribution in [0.4, 0.5) is 0 Å². The lowest BCUT2D eigenvalue weighted by atomic mass is 10.1. The second kappa shape index (κ2) is 8.02. The number of rotatable bonds is 8. The van der Waals surface area contributed by atoms with Crippen molar-refractivity contribution in [2.45, 2.75) is 39.3 Å². The summed E-state index contributed by atoms with van der Waals surface area (Å²) in [7, 11) is 1.99. The summed E-state index contributed by atoms with van der Waals surface area (Å²) < 4.78 is 5.54. The molecule has 112 valence electrons. The number of ketones is 1. The summed E-state index contributed by atoms with van der Waals surface area (Å²) in [4.78, 5) is 13.4. The summed E-state index contributed by atoms with van der Waals surface area (Å²) in [6.45, 7) is 6.57. The zero-order valence-corrected chi connectivity index (χ0v) is 12.8. The average molecular weight is 279 g/mol. The van der Waals surface area contributed by atoms with Gasteiger partial charge in [0.1, 0.15) is 18.5 Å². The Morgan fingerprint density at radius 3 is 2.75 bits per heavy atom. The van der Waals surface area contributed by atoms with E-state index in [-0.39, 0.29) is 12.4 Å². The first-order valence-electron chi connectivity index (χ1n) is 7.06. The molecule has 4 nitrogen and oxygen atoms in total. The van der Waals surface area contributed by atoms with E-state index in [1.807, 2.05) is 7.05 Å². The van der Waals surface area contributed by atoms with Crippen molar-refractivity contribution >= 4 is 5.78 Å². The summed E-state index contributed by atoms with van der Waals surface area (Å²) in [6, 6.07) is 7.46. The van der Waals surface area contributed by atoms with Crippen LogP contribution in [0.25, 0.3) is 0 Å². The smallest absolute Gasteiger partial charge is 0.159 e. The quantitative estimate of drug-likeness (QED) is 0.742. The van der Waals surface area contributed by atoms with Crippen LogP contribution in [0.2, 0.25) is 0 Å². The lowest BCUT2D eigenvalue weighted by molar-refractivity contribution is 0.0649. The minimum Gasteiger partial charge on any atom is -0.491 e. The Hall–Kier alpha value is -1.39. The number of ether oxygens (including phenoxy) is 1. The lowest BCUT2D eigenvalue weighted by Gasteiger charge is -2.26. The highest BCUT2D eigenvalue weighted by Crippen LogP contribution is 2.14. The van der Waals surface area contributed by atoms with Crippen LogP contribution < -0.4 is 4.74 Å². The number of hydrogen-bond donors (Lipinski definition) is 1. The van der Waals surface area contributed by atoms with Gasteiger partial charge in [0.25, 0.3) is 0 Å². The summed E-state index contributed by atoms with van der Waals surface area (Å²) >= 11 is 0. The summed E-state index contributed by atoms with van der Waals surface area (Å²) in [5.74, 6) is 0.621. The van der Waals surface area contributed by atoms with Crippen LogP contribution in [-0.4, -0.2) is 48.1 Å². The molecule has 0 spiro atoms. The summed E-state index contributed by atoms with van der Waals surface area (Å²) in [6.07, 6.45) is 0.500. The van der Waals surface area contributed by atoms with Gasteiger partial charge in [-0.1, -0.05) is 19.1 Å². The number of Topliss-reactive ketones (excluding diaryl/α,β-unsaturated/α-hetero) is 1. The largest absolute Gasteiger partial charge is 0.491 e. The molecule has 0 amide bonds. The number of hydrogen-bond acceptors (Lipinski definition) is 4. The molecule has 0 fully saturated rings. The van der Waals surface area contributed by atoms with Gasteiger partial charge in [-0.2, -0.15) is 0 Å². The zero-order chi connectivity index (χ0) is 15.1. The predicted molar refractivity (Wildman–Crippen MR) is 80.3 cm³/mol. The fourth-order valence-electron chi connectivity index (χ4n) is 1.87. The lowest BCUT2D eigenvalue weighted by Crippen LogP contribution is -2.38. The molecule has 0 aliphatic carbocycles. The first-order chi connectivity index (χ1) is 9.43. The molecule has 1 N–H and O–H groups in total. The number of likely N-dealkylation sites (N-methyl/N-ethyl adjacent to an activating group) is 1. The van der Waals surface area contributed by atoms with E-state index < -0.39 is 6.10 Å². The number of nitrogens with zero attached hydrogens (tertiary/aromatic N) is 1. The van der Waals surface area contributed by atoms with Crippen molar-refractivity contribution < 1.29 is 14.6 Å². The van der Waals surface area contributed by atoms with E-state index in [0.717, 1.165) is 6.42 Å². The summed E-state index contributed by atoms with van der Waals surface area (Å²) in [5.41, 5.74) is 0.619. The molecule has 1 aromatic rings. The number of benzene rings is 1. The summed E-state index contributed by atoms with van der Waals surface area (Å²) in [5, 5.41) is 9.97. The third-order valence-electron chi connectivity index (χ3n) is 3.52. The second-order valence-electron chi connectivity index (χ2n) is 5.25. The molecule has 0 heterocycles. The molecule has 0 saturated carbocycles. The second-order valence-corrected chi connectivity index (χ2v) is 5.25. The van der Waals surface area contributed by atoms with Crippen molar-refractivity contribution in [2.75, 3.05) is 20.2 Å². The molecule has 0 aromatic heterocycles. The molecule has 0 aliphatic heterocycles. The van der Waals surface area contributed by atoms with Crippen LogP contribution in [0.5, 0.6) is 5.75 Å². The molecule has 0 bridgehead atoms. The molecule has 1 rings (SSSR count). The number of aliphatic hydroxyl groups is 1. The topological polar surface area (TPSA) is 49.8 Å². The van der Waals surface area contributed by atoms with E-state index in [0.29, 0.717) is 23.9 Å². The maximum Gasteiger partial charge on any atom is 0.159 e. The molecule has 2 atom stereocenters. The van der Waals surface area contributed by atoms with Gasteiger partial charge in [-0.05, 0) is 39.4 Å². The highest BCUT2D eigenvalue weighted by Gasteiger charge is 2.13. The van der Waals surface area contributed by atoms with Gasteiger partial charge in [-0.25, -0.2) is 0 Å². The van der Waals surface area contributed by atoms with Gasteiger partial charge < -0.3 is 14.7 Å². The van der Waals surface area contributed by atoms with Crippen LogP contribution >= 0.6 is 0 Å². The van der Waals surface area contributed by atoms with Crippen LogP contribution in [0.3, 0.4) is 0 Å². The van der Waals surface area contributed by atoms with E-state index >= 15 is 0 Å². The van der Waals surface area contributed by atoms with Gasteiger partial charge in [0, 0.05) is 18.2 Å². The Labute approximate surface area is 121 Å². The van der Waals surface area contributed by atoms with Gasteiger partial charge in [-0.3, -0.25) is 4.79 Å². The van der Waals surface area contributed by atoms with Gasteiger partial charge in [0.15, 0.2) is 5.78 Å². The van der Waals surface area contributed by atoms with Crippen molar-refractivity contribution in [1.82, 2.24) is 4.90 Å². The number of carbonyl (C=O) groups excluding carboxylic acids is 1. The van der Waals surface area contributed by atoms with E-state index in [1.54, 1.807) is 24.3 Å². The fraction of sp³-hybridized carbons (Fsp3) is 0.562. The highest BCUT2D eigenvalue weighted by atomic mass is 16.5. The molecular formula is C16H25NO3. The van der Waals surface area contributed by atoms with Crippen molar-refractivity contribution in [2.24, 2.45) is 0 Å². The molecule has 4 heteroatoms. The Balaban J connectivity index is 2.46. The van der Waals surface area contributed by atoms with Gasteiger partial charge >= 0.3 is 0 Å². The first kappa shape index (κ1) is 16.7. The molecule has 0 saturated heterocycles. The fourth-order valence-corrected chi connectivity index (χ4v) is 1.87. The minimum atomic E-state index is -0.546. The van der Waals surface area contributed by atoms with Crippen molar-refractivity contribution in [3.8, 4) is 5.75 Å².